The van der Waals surface area contributed by atoms with Crippen molar-refractivity contribution < 1.29 is 0 Å². The normalized spacial score (nSPS) is 10.7. The van der Waals surface area contributed by atoms with E-state index >= 15 is 0 Å². The lowest BCUT2D eigenvalue weighted by Crippen LogP contribution is -2.00. The van der Waals surface area contributed by atoms with Gasteiger partial charge in [-0.05, 0) is 36.2 Å². The van der Waals surface area contributed by atoms with E-state index in [9.17, 15) is 0 Å². The Labute approximate surface area is 123 Å². The number of pyridine rings is 1. The second-order valence-electron chi connectivity index (χ2n) is 4.82. The van der Waals surface area contributed by atoms with Crippen LogP contribution in [0.15, 0.2) is 54.7 Å². The number of nitrogens with zero attached hydrogens (tertiary/aromatic N) is 1. The number of hydrogen-bond acceptors (Lipinski definition) is 2. The lowest BCUT2D eigenvalue weighted by molar-refractivity contribution is 1.15. The number of hydrogen-bond donors (Lipinski definition) is 1. The van der Waals surface area contributed by atoms with Crippen LogP contribution in [0.4, 0.5) is 5.69 Å². The topological polar surface area (TPSA) is 24.9 Å². The lowest BCUT2D eigenvalue weighted by Gasteiger charge is -2.10. The van der Waals surface area contributed by atoms with Gasteiger partial charge in [0.2, 0.25) is 0 Å². The van der Waals surface area contributed by atoms with E-state index in [1.165, 1.54) is 0 Å². The van der Waals surface area contributed by atoms with Gasteiger partial charge in [0.15, 0.2) is 0 Å². The van der Waals surface area contributed by atoms with Crippen LogP contribution >= 0.6 is 11.6 Å². The van der Waals surface area contributed by atoms with Crippen LogP contribution in [0, 0.1) is 6.92 Å². The van der Waals surface area contributed by atoms with Gasteiger partial charge in [-0.1, -0.05) is 41.9 Å². The van der Waals surface area contributed by atoms with Gasteiger partial charge in [-0.15, -0.1) is 0 Å². The zero-order chi connectivity index (χ0) is 13.9. The number of aromatic nitrogens is 1. The predicted molar refractivity (Wildman–Crippen MR) is 85.3 cm³/mol. The molecule has 0 atom stereocenters. The molecule has 3 heteroatoms. The van der Waals surface area contributed by atoms with Crippen molar-refractivity contribution in [1.29, 1.82) is 0 Å². The molecule has 0 amide bonds. The summed E-state index contributed by atoms with van der Waals surface area (Å²) >= 11 is 6.15. The fourth-order valence-electron chi connectivity index (χ4n) is 2.19. The summed E-state index contributed by atoms with van der Waals surface area (Å²) in [5.74, 6) is 0. The molecule has 1 aromatic heterocycles. The van der Waals surface area contributed by atoms with Gasteiger partial charge < -0.3 is 5.32 Å². The summed E-state index contributed by atoms with van der Waals surface area (Å²) in [5.41, 5.74) is 4.30. The zero-order valence-corrected chi connectivity index (χ0v) is 12.0. The first-order valence-corrected chi connectivity index (χ1v) is 6.94. The predicted octanol–water partition coefficient (Wildman–Crippen LogP) is 4.81. The maximum absolute atomic E-state index is 6.15. The van der Waals surface area contributed by atoms with Gasteiger partial charge in [-0.3, -0.25) is 4.98 Å². The van der Waals surface area contributed by atoms with E-state index in [1.54, 1.807) is 0 Å². The van der Waals surface area contributed by atoms with E-state index < -0.39 is 0 Å². The monoisotopic (exact) mass is 282 g/mol. The summed E-state index contributed by atoms with van der Waals surface area (Å²) in [6.45, 7) is 2.74. The third-order valence-electron chi connectivity index (χ3n) is 3.35. The second-order valence-corrected chi connectivity index (χ2v) is 5.22. The van der Waals surface area contributed by atoms with Gasteiger partial charge in [-0.2, -0.15) is 0 Å². The fraction of sp³-hybridized carbons (Fsp3) is 0.118. The maximum atomic E-state index is 6.15. The van der Waals surface area contributed by atoms with Crippen molar-refractivity contribution in [3.63, 3.8) is 0 Å². The number of nitrogens with one attached hydrogen (secondary N) is 1. The molecule has 0 fully saturated rings. The van der Waals surface area contributed by atoms with E-state index in [-0.39, 0.29) is 0 Å². The summed E-state index contributed by atoms with van der Waals surface area (Å²) in [7, 11) is 0. The smallest absolute Gasteiger partial charge is 0.0933 e. The van der Waals surface area contributed by atoms with Gasteiger partial charge in [0.25, 0.3) is 0 Å². The quantitative estimate of drug-likeness (QED) is 0.746. The molecule has 100 valence electrons. The molecule has 0 saturated heterocycles. The Balaban J connectivity index is 1.85. The minimum Gasteiger partial charge on any atom is -0.379 e. The largest absolute Gasteiger partial charge is 0.379 e. The van der Waals surface area contributed by atoms with Crippen LogP contribution in [0.2, 0.25) is 5.02 Å². The number of halogens is 1. The van der Waals surface area contributed by atoms with Gasteiger partial charge in [-0.25, -0.2) is 0 Å². The number of aryl methyl sites for hydroxylation is 1. The molecule has 20 heavy (non-hydrogen) atoms. The second kappa shape index (κ2) is 5.51. The zero-order valence-electron chi connectivity index (χ0n) is 11.2. The van der Waals surface area contributed by atoms with Crippen molar-refractivity contribution in [2.24, 2.45) is 0 Å². The Morgan fingerprint density at radius 2 is 1.95 bits per heavy atom. The highest BCUT2D eigenvalue weighted by atomic mass is 35.5. The minimum absolute atomic E-state index is 0.732. The lowest BCUT2D eigenvalue weighted by atomic mass is 10.1. The highest BCUT2D eigenvalue weighted by molar-refractivity contribution is 6.31. The average molecular weight is 283 g/mol. The molecule has 1 heterocycles. The molecule has 3 aromatic rings. The summed E-state index contributed by atoms with van der Waals surface area (Å²) in [6.07, 6.45) is 1.82. The Morgan fingerprint density at radius 1 is 1.10 bits per heavy atom. The van der Waals surface area contributed by atoms with E-state index in [4.69, 9.17) is 11.6 Å². The molecular weight excluding hydrogens is 268 g/mol. The molecule has 0 unspecified atom stereocenters. The standard InChI is InChI=1S/C17H15ClN2/c1-12-7-8-13(10-15(12)18)11-20-16-6-2-4-14-5-3-9-19-17(14)16/h2-10,20H,11H2,1H3. The molecule has 0 aliphatic heterocycles. The van der Waals surface area contributed by atoms with Crippen LogP contribution in [0.5, 0.6) is 0 Å². The van der Waals surface area contributed by atoms with Crippen LogP contribution in [0.1, 0.15) is 11.1 Å². The summed E-state index contributed by atoms with van der Waals surface area (Å²) < 4.78 is 0. The number of rotatable bonds is 3. The molecule has 0 aliphatic rings. The van der Waals surface area contributed by atoms with Crippen molar-refractivity contribution in [3.05, 3.63) is 70.9 Å². The summed E-state index contributed by atoms with van der Waals surface area (Å²) in [4.78, 5) is 4.44. The Bertz CT molecular complexity index is 748. The average Bonchev–Trinajstić information content (AvgIpc) is 2.48. The van der Waals surface area contributed by atoms with Crippen LogP contribution < -0.4 is 5.32 Å². The SMILES string of the molecule is Cc1ccc(CNc2cccc3cccnc23)cc1Cl. The molecule has 0 bridgehead atoms. The number of benzene rings is 2. The van der Waals surface area contributed by atoms with E-state index in [1.807, 2.05) is 43.5 Å². The van der Waals surface area contributed by atoms with Crippen LogP contribution in [0.25, 0.3) is 10.9 Å². The van der Waals surface area contributed by atoms with Gasteiger partial charge >= 0.3 is 0 Å². The highest BCUT2D eigenvalue weighted by Crippen LogP contribution is 2.22. The molecule has 1 N–H and O–H groups in total. The van der Waals surface area contributed by atoms with E-state index in [2.05, 4.69) is 28.5 Å². The Hall–Kier alpha value is -2.06. The molecule has 0 radical (unpaired) electrons. The molecule has 2 nitrogen and oxygen atoms in total. The van der Waals surface area contributed by atoms with Gasteiger partial charge in [0.05, 0.1) is 11.2 Å². The fourth-order valence-corrected chi connectivity index (χ4v) is 2.39. The Kier molecular flexibility index (Phi) is 3.57. The number of fused-ring (bicyclic) bond motifs is 1. The van der Waals surface area contributed by atoms with Crippen molar-refractivity contribution in [2.75, 3.05) is 5.32 Å². The van der Waals surface area contributed by atoms with Crippen molar-refractivity contribution in [3.8, 4) is 0 Å². The van der Waals surface area contributed by atoms with Gasteiger partial charge in [0.1, 0.15) is 0 Å². The van der Waals surface area contributed by atoms with Crippen molar-refractivity contribution in [2.45, 2.75) is 13.5 Å². The third-order valence-corrected chi connectivity index (χ3v) is 3.76. The molecule has 3 rings (SSSR count). The molecular formula is C17H15ClN2. The summed E-state index contributed by atoms with van der Waals surface area (Å²) in [6, 6.07) is 16.3. The summed E-state index contributed by atoms with van der Waals surface area (Å²) in [5, 5.41) is 5.37. The van der Waals surface area contributed by atoms with Crippen molar-refractivity contribution >= 4 is 28.2 Å². The first-order valence-electron chi connectivity index (χ1n) is 6.57. The maximum Gasteiger partial charge on any atom is 0.0933 e. The number of para-hydroxylation sites is 1. The van der Waals surface area contributed by atoms with Crippen molar-refractivity contribution in [1.82, 2.24) is 4.98 Å². The van der Waals surface area contributed by atoms with Crippen LogP contribution in [-0.4, -0.2) is 4.98 Å². The molecule has 2 aromatic carbocycles. The molecule has 0 aliphatic carbocycles. The molecule has 0 spiro atoms. The molecule has 0 saturated carbocycles. The van der Waals surface area contributed by atoms with E-state index in [0.717, 1.165) is 39.3 Å². The van der Waals surface area contributed by atoms with Crippen LogP contribution in [0.3, 0.4) is 0 Å². The van der Waals surface area contributed by atoms with Crippen LogP contribution in [-0.2, 0) is 6.54 Å². The Morgan fingerprint density at radius 3 is 2.80 bits per heavy atom. The minimum atomic E-state index is 0.732. The first-order chi connectivity index (χ1) is 9.74. The first kappa shape index (κ1) is 12.9. The van der Waals surface area contributed by atoms with E-state index in [0.29, 0.717) is 0 Å². The highest BCUT2D eigenvalue weighted by Gasteiger charge is 2.02. The third kappa shape index (κ3) is 2.61. The number of anilines is 1. The van der Waals surface area contributed by atoms with Gasteiger partial charge in [0, 0.05) is 23.2 Å².